The van der Waals surface area contributed by atoms with Crippen molar-refractivity contribution >= 4 is 45.1 Å². The van der Waals surface area contributed by atoms with E-state index in [1.54, 1.807) is 6.07 Å². The largest absolute Gasteiger partial charge is 0.468 e. The molecule has 2 N–H and O–H groups in total. The van der Waals surface area contributed by atoms with E-state index in [2.05, 4.69) is 15.4 Å². The number of hydrogen-bond acceptors (Lipinski definition) is 6. The molecule has 0 bridgehead atoms. The molecule has 0 saturated heterocycles. The molecule has 11 heteroatoms. The standard InChI is InChI=1S/C19H20ClN3O6S/c1-23(2)30(27,28)14-7-8-16(20)15(10-14)19(26)22-13-6-4-5-12(9-13)18(25)21-11-17(24)29-3/h4-10H,11H2,1-3H3,(H,21,25)(H,22,26). The first-order valence-electron chi connectivity index (χ1n) is 8.54. The topological polar surface area (TPSA) is 122 Å². The first-order chi connectivity index (χ1) is 14.1. The Morgan fingerprint density at radius 2 is 1.77 bits per heavy atom. The monoisotopic (exact) mass is 453 g/mol. The molecule has 0 aliphatic rings. The van der Waals surface area contributed by atoms with E-state index in [4.69, 9.17) is 11.6 Å². The predicted molar refractivity (Wildman–Crippen MR) is 111 cm³/mol. The molecule has 2 aromatic rings. The van der Waals surface area contributed by atoms with E-state index >= 15 is 0 Å². The number of carbonyl (C=O) groups excluding carboxylic acids is 3. The van der Waals surface area contributed by atoms with Gasteiger partial charge in [-0.25, -0.2) is 12.7 Å². The lowest BCUT2D eigenvalue weighted by Gasteiger charge is -2.13. The molecule has 0 atom stereocenters. The van der Waals surface area contributed by atoms with Crippen molar-refractivity contribution < 1.29 is 27.5 Å². The van der Waals surface area contributed by atoms with Crippen LogP contribution in [0, 0.1) is 0 Å². The number of amides is 2. The third-order valence-corrected chi connectivity index (χ3v) is 6.11. The molecule has 0 heterocycles. The van der Waals surface area contributed by atoms with Crippen molar-refractivity contribution in [3.8, 4) is 0 Å². The molecule has 0 radical (unpaired) electrons. The van der Waals surface area contributed by atoms with E-state index in [-0.39, 0.29) is 33.3 Å². The van der Waals surface area contributed by atoms with Gasteiger partial charge in [-0.05, 0) is 36.4 Å². The minimum Gasteiger partial charge on any atom is -0.468 e. The van der Waals surface area contributed by atoms with Gasteiger partial charge in [-0.3, -0.25) is 14.4 Å². The van der Waals surface area contributed by atoms with Crippen LogP contribution in [0.4, 0.5) is 5.69 Å². The predicted octanol–water partition coefficient (Wildman–Crippen LogP) is 1.75. The number of nitrogens with one attached hydrogen (secondary N) is 2. The molecule has 2 rings (SSSR count). The lowest BCUT2D eigenvalue weighted by Crippen LogP contribution is -2.30. The lowest BCUT2D eigenvalue weighted by molar-refractivity contribution is -0.139. The quantitative estimate of drug-likeness (QED) is 0.616. The number of halogens is 1. The molecule has 160 valence electrons. The molecule has 0 unspecified atom stereocenters. The zero-order valence-electron chi connectivity index (χ0n) is 16.4. The van der Waals surface area contributed by atoms with Gasteiger partial charge in [-0.15, -0.1) is 0 Å². The third-order valence-electron chi connectivity index (χ3n) is 3.96. The average molecular weight is 454 g/mol. The number of sulfonamides is 1. The van der Waals surface area contributed by atoms with Crippen LogP contribution < -0.4 is 10.6 Å². The summed E-state index contributed by atoms with van der Waals surface area (Å²) in [7, 11) is 0.202. The molecule has 30 heavy (non-hydrogen) atoms. The van der Waals surface area contributed by atoms with Crippen LogP contribution in [-0.2, 0) is 19.6 Å². The maximum atomic E-state index is 12.7. The second-order valence-corrected chi connectivity index (χ2v) is 8.78. The first kappa shape index (κ1) is 23.3. The lowest BCUT2D eigenvalue weighted by atomic mass is 10.1. The normalized spacial score (nSPS) is 11.1. The number of nitrogens with zero attached hydrogens (tertiary/aromatic N) is 1. The van der Waals surface area contributed by atoms with Gasteiger partial charge in [0.2, 0.25) is 10.0 Å². The zero-order chi connectivity index (χ0) is 22.5. The van der Waals surface area contributed by atoms with Gasteiger partial charge >= 0.3 is 5.97 Å². The molecular formula is C19H20ClN3O6S. The number of ether oxygens (including phenoxy) is 1. The minimum atomic E-state index is -3.75. The number of methoxy groups -OCH3 is 1. The van der Waals surface area contributed by atoms with Gasteiger partial charge in [-0.2, -0.15) is 0 Å². The Balaban J connectivity index is 2.23. The summed E-state index contributed by atoms with van der Waals surface area (Å²) in [6, 6.07) is 9.79. The second-order valence-electron chi connectivity index (χ2n) is 6.22. The number of anilines is 1. The van der Waals surface area contributed by atoms with E-state index in [1.165, 1.54) is 57.6 Å². The molecule has 2 amide bonds. The number of benzene rings is 2. The summed E-state index contributed by atoms with van der Waals surface area (Å²) in [6.07, 6.45) is 0. The van der Waals surface area contributed by atoms with Crippen LogP contribution in [-0.4, -0.2) is 58.3 Å². The third kappa shape index (κ3) is 5.56. The van der Waals surface area contributed by atoms with Crippen LogP contribution in [0.15, 0.2) is 47.4 Å². The van der Waals surface area contributed by atoms with Crippen LogP contribution in [0.2, 0.25) is 5.02 Å². The van der Waals surface area contributed by atoms with Gasteiger partial charge < -0.3 is 15.4 Å². The Morgan fingerprint density at radius 1 is 1.07 bits per heavy atom. The molecular weight excluding hydrogens is 434 g/mol. The fourth-order valence-electron chi connectivity index (χ4n) is 2.31. The van der Waals surface area contributed by atoms with Crippen molar-refractivity contribution in [3.63, 3.8) is 0 Å². The van der Waals surface area contributed by atoms with E-state index in [1.807, 2.05) is 0 Å². The summed E-state index contributed by atoms with van der Waals surface area (Å²) in [5, 5.41) is 5.03. The first-order valence-corrected chi connectivity index (χ1v) is 10.4. The van der Waals surface area contributed by atoms with E-state index in [9.17, 15) is 22.8 Å². The number of rotatable bonds is 7. The molecule has 0 saturated carbocycles. The minimum absolute atomic E-state index is 0.0415. The van der Waals surface area contributed by atoms with Crippen LogP contribution in [0.25, 0.3) is 0 Å². The number of carbonyl (C=O) groups is 3. The van der Waals surface area contributed by atoms with Gasteiger partial charge in [0.25, 0.3) is 11.8 Å². The maximum Gasteiger partial charge on any atom is 0.325 e. The number of esters is 1. The average Bonchev–Trinajstić information content (AvgIpc) is 2.71. The summed E-state index contributed by atoms with van der Waals surface area (Å²) in [5.41, 5.74) is 0.439. The molecule has 2 aromatic carbocycles. The highest BCUT2D eigenvalue weighted by molar-refractivity contribution is 7.89. The Labute approximate surface area is 179 Å². The van der Waals surface area contributed by atoms with Crippen LogP contribution >= 0.6 is 11.6 Å². The highest BCUT2D eigenvalue weighted by atomic mass is 35.5. The van der Waals surface area contributed by atoms with Crippen LogP contribution in [0.1, 0.15) is 20.7 Å². The Morgan fingerprint density at radius 3 is 2.40 bits per heavy atom. The van der Waals surface area contributed by atoms with E-state index in [0.717, 1.165) is 4.31 Å². The Hall–Kier alpha value is -2.95. The van der Waals surface area contributed by atoms with E-state index < -0.39 is 27.8 Å². The van der Waals surface area contributed by atoms with E-state index in [0.29, 0.717) is 0 Å². The molecule has 0 spiro atoms. The van der Waals surface area contributed by atoms with Crippen molar-refractivity contribution in [2.75, 3.05) is 33.1 Å². The highest BCUT2D eigenvalue weighted by Gasteiger charge is 2.21. The molecule has 0 aliphatic carbocycles. The van der Waals surface area contributed by atoms with Crippen LogP contribution in [0.3, 0.4) is 0 Å². The summed E-state index contributed by atoms with van der Waals surface area (Å²) in [5.74, 6) is -1.79. The maximum absolute atomic E-state index is 12.7. The van der Waals surface area contributed by atoms with Gasteiger partial charge in [0.15, 0.2) is 0 Å². The van der Waals surface area contributed by atoms with Gasteiger partial charge in [0, 0.05) is 25.3 Å². The summed E-state index contributed by atoms with van der Waals surface area (Å²) >= 11 is 6.08. The molecule has 9 nitrogen and oxygen atoms in total. The summed E-state index contributed by atoms with van der Waals surface area (Å²) < 4.78 is 30.1. The van der Waals surface area contributed by atoms with Crippen molar-refractivity contribution in [1.29, 1.82) is 0 Å². The molecule has 0 aliphatic heterocycles. The van der Waals surface area contributed by atoms with Crippen molar-refractivity contribution in [2.45, 2.75) is 4.90 Å². The smallest absolute Gasteiger partial charge is 0.325 e. The Bertz CT molecular complexity index is 1090. The zero-order valence-corrected chi connectivity index (χ0v) is 18.0. The SMILES string of the molecule is COC(=O)CNC(=O)c1cccc(NC(=O)c2cc(S(=O)(=O)N(C)C)ccc2Cl)c1. The summed E-state index contributed by atoms with van der Waals surface area (Å²) in [6.45, 7) is -0.297. The molecule has 0 aromatic heterocycles. The van der Waals surface area contributed by atoms with Crippen molar-refractivity contribution in [2.24, 2.45) is 0 Å². The van der Waals surface area contributed by atoms with Crippen LogP contribution in [0.5, 0.6) is 0 Å². The van der Waals surface area contributed by atoms with Crippen molar-refractivity contribution in [1.82, 2.24) is 9.62 Å². The van der Waals surface area contributed by atoms with Gasteiger partial charge in [0.1, 0.15) is 6.54 Å². The second kappa shape index (κ2) is 9.70. The van der Waals surface area contributed by atoms with Crippen molar-refractivity contribution in [3.05, 3.63) is 58.6 Å². The summed E-state index contributed by atoms with van der Waals surface area (Å²) in [4.78, 5) is 35.8. The Kier molecular flexibility index (Phi) is 7.54. The fourth-order valence-corrected chi connectivity index (χ4v) is 3.44. The fraction of sp³-hybridized carbons (Fsp3) is 0.211. The van der Waals surface area contributed by atoms with Gasteiger partial charge in [0.05, 0.1) is 22.6 Å². The highest BCUT2D eigenvalue weighted by Crippen LogP contribution is 2.23. The number of hydrogen-bond donors (Lipinski definition) is 2. The van der Waals surface area contributed by atoms with Gasteiger partial charge in [-0.1, -0.05) is 17.7 Å². The molecule has 0 fully saturated rings.